The van der Waals surface area contributed by atoms with Gasteiger partial charge in [0, 0.05) is 24.5 Å². The molecule has 5 nitrogen and oxygen atoms in total. The van der Waals surface area contributed by atoms with Crippen LogP contribution in [0.3, 0.4) is 0 Å². The molecule has 1 aromatic carbocycles. The lowest BCUT2D eigenvalue weighted by molar-refractivity contribution is 0.0950. The average molecular weight is 308 g/mol. The molecule has 0 radical (unpaired) electrons. The zero-order valence-electron chi connectivity index (χ0n) is 12.5. The number of furan rings is 1. The minimum atomic E-state index is -0.199. The van der Waals surface area contributed by atoms with Crippen LogP contribution in [-0.4, -0.2) is 17.5 Å². The Hall–Kier alpha value is -3.08. The van der Waals surface area contributed by atoms with Crippen molar-refractivity contribution in [3.8, 4) is 5.75 Å². The molecule has 23 heavy (non-hydrogen) atoms. The molecular formula is C18H16N2O3. The van der Waals surface area contributed by atoms with Crippen LogP contribution in [0.5, 0.6) is 5.75 Å². The van der Waals surface area contributed by atoms with Crippen molar-refractivity contribution in [1.82, 2.24) is 10.3 Å². The van der Waals surface area contributed by atoms with Gasteiger partial charge in [0.05, 0.1) is 11.6 Å². The minimum absolute atomic E-state index is 0.199. The van der Waals surface area contributed by atoms with Crippen LogP contribution in [0.15, 0.2) is 66.1 Å². The first kappa shape index (κ1) is 14.8. The molecule has 0 fully saturated rings. The van der Waals surface area contributed by atoms with E-state index in [1.165, 1.54) is 0 Å². The Labute approximate surface area is 133 Å². The van der Waals surface area contributed by atoms with E-state index in [4.69, 9.17) is 9.15 Å². The summed E-state index contributed by atoms with van der Waals surface area (Å²) in [5.41, 5.74) is 2.02. The molecule has 0 atom stereocenters. The van der Waals surface area contributed by atoms with Gasteiger partial charge in [-0.25, -0.2) is 0 Å². The number of hydrogen-bond acceptors (Lipinski definition) is 4. The molecule has 0 unspecified atom stereocenters. The normalized spacial score (nSPS) is 10.4. The number of pyridine rings is 1. The molecule has 0 aliphatic carbocycles. The van der Waals surface area contributed by atoms with Crippen molar-refractivity contribution in [1.29, 1.82) is 0 Å². The van der Waals surface area contributed by atoms with Crippen LogP contribution in [0, 0.1) is 0 Å². The summed E-state index contributed by atoms with van der Waals surface area (Å²) in [6.45, 7) is 4.40. The highest BCUT2D eigenvalue weighted by Crippen LogP contribution is 2.28. The number of carbonyl (C=O) groups is 1. The van der Waals surface area contributed by atoms with Crippen molar-refractivity contribution in [3.05, 3.63) is 72.8 Å². The predicted octanol–water partition coefficient (Wildman–Crippen LogP) is 3.32. The maximum absolute atomic E-state index is 12.4. The fraction of sp³-hybridized carbons (Fsp3) is 0.111. The van der Waals surface area contributed by atoms with Gasteiger partial charge in [0.1, 0.15) is 17.9 Å². The second kappa shape index (κ2) is 6.79. The smallest absolute Gasteiger partial charge is 0.251 e. The maximum atomic E-state index is 12.4. The maximum Gasteiger partial charge on any atom is 0.251 e. The van der Waals surface area contributed by atoms with Gasteiger partial charge in [0.25, 0.3) is 5.91 Å². The van der Waals surface area contributed by atoms with Crippen molar-refractivity contribution in [3.63, 3.8) is 0 Å². The highest BCUT2D eigenvalue weighted by atomic mass is 16.5. The van der Waals surface area contributed by atoms with E-state index < -0.39 is 0 Å². The zero-order chi connectivity index (χ0) is 16.1. The van der Waals surface area contributed by atoms with Gasteiger partial charge in [-0.05, 0) is 29.8 Å². The van der Waals surface area contributed by atoms with E-state index in [1.54, 1.807) is 36.9 Å². The highest BCUT2D eigenvalue weighted by Gasteiger charge is 2.13. The number of benzene rings is 1. The SMILES string of the molecule is C=CCOc1cc(C(=O)NCc2cccnc2)cc2occc12. The predicted molar refractivity (Wildman–Crippen MR) is 87.3 cm³/mol. The summed E-state index contributed by atoms with van der Waals surface area (Å²) in [6.07, 6.45) is 6.64. The Morgan fingerprint density at radius 2 is 2.30 bits per heavy atom. The third-order valence-electron chi connectivity index (χ3n) is 3.33. The number of hydrogen-bond donors (Lipinski definition) is 1. The van der Waals surface area contributed by atoms with Gasteiger partial charge < -0.3 is 14.5 Å². The molecule has 1 amide bonds. The topological polar surface area (TPSA) is 64.4 Å². The Morgan fingerprint density at radius 1 is 1.39 bits per heavy atom. The second-order valence-corrected chi connectivity index (χ2v) is 4.95. The summed E-state index contributed by atoms with van der Waals surface area (Å²) in [6, 6.07) is 8.96. The van der Waals surface area contributed by atoms with Gasteiger partial charge in [0.2, 0.25) is 0 Å². The molecule has 2 aromatic heterocycles. The van der Waals surface area contributed by atoms with Crippen LogP contribution < -0.4 is 10.1 Å². The molecule has 116 valence electrons. The van der Waals surface area contributed by atoms with Crippen molar-refractivity contribution in [2.24, 2.45) is 0 Å². The van der Waals surface area contributed by atoms with Gasteiger partial charge >= 0.3 is 0 Å². The van der Waals surface area contributed by atoms with Gasteiger partial charge in [0.15, 0.2) is 0 Å². The molecule has 3 rings (SSSR count). The molecule has 0 bridgehead atoms. The Bertz CT molecular complexity index is 825. The lowest BCUT2D eigenvalue weighted by Crippen LogP contribution is -2.22. The second-order valence-electron chi connectivity index (χ2n) is 4.95. The van der Waals surface area contributed by atoms with Crippen LogP contribution >= 0.6 is 0 Å². The molecule has 0 saturated heterocycles. The Balaban J connectivity index is 1.80. The van der Waals surface area contributed by atoms with Gasteiger partial charge in [-0.1, -0.05) is 18.7 Å². The van der Waals surface area contributed by atoms with Gasteiger partial charge in [-0.15, -0.1) is 0 Å². The molecular weight excluding hydrogens is 292 g/mol. The summed E-state index contributed by atoms with van der Waals surface area (Å²) in [4.78, 5) is 16.4. The van der Waals surface area contributed by atoms with Crippen LogP contribution in [0.4, 0.5) is 0 Å². The number of nitrogens with one attached hydrogen (secondary N) is 1. The first-order valence-electron chi connectivity index (χ1n) is 7.20. The molecule has 2 heterocycles. The molecule has 0 aliphatic rings. The van der Waals surface area contributed by atoms with Crippen molar-refractivity contribution >= 4 is 16.9 Å². The average Bonchev–Trinajstić information content (AvgIpc) is 3.07. The van der Waals surface area contributed by atoms with Crippen molar-refractivity contribution in [2.75, 3.05) is 6.61 Å². The molecule has 3 aromatic rings. The number of ether oxygens (including phenoxy) is 1. The fourth-order valence-electron chi connectivity index (χ4n) is 2.22. The third-order valence-corrected chi connectivity index (χ3v) is 3.33. The van der Waals surface area contributed by atoms with Crippen LogP contribution in [-0.2, 0) is 6.54 Å². The van der Waals surface area contributed by atoms with Crippen molar-refractivity contribution in [2.45, 2.75) is 6.54 Å². The van der Waals surface area contributed by atoms with Crippen LogP contribution in [0.1, 0.15) is 15.9 Å². The van der Waals surface area contributed by atoms with Crippen LogP contribution in [0.2, 0.25) is 0 Å². The minimum Gasteiger partial charge on any atom is -0.489 e. The molecule has 5 heteroatoms. The number of amides is 1. The Morgan fingerprint density at radius 3 is 3.09 bits per heavy atom. The highest BCUT2D eigenvalue weighted by molar-refractivity contribution is 5.99. The van der Waals surface area contributed by atoms with Crippen LogP contribution in [0.25, 0.3) is 11.0 Å². The number of rotatable bonds is 6. The first-order chi connectivity index (χ1) is 11.3. The zero-order valence-corrected chi connectivity index (χ0v) is 12.5. The van der Waals surface area contributed by atoms with E-state index in [9.17, 15) is 4.79 Å². The molecule has 0 aliphatic heterocycles. The quantitative estimate of drug-likeness (QED) is 0.709. The Kier molecular flexibility index (Phi) is 4.38. The molecule has 1 N–H and O–H groups in total. The lowest BCUT2D eigenvalue weighted by Gasteiger charge is -2.09. The summed E-state index contributed by atoms with van der Waals surface area (Å²) < 4.78 is 11.0. The number of aromatic nitrogens is 1. The van der Waals surface area contributed by atoms with E-state index in [1.807, 2.05) is 18.2 Å². The summed E-state index contributed by atoms with van der Waals surface area (Å²) >= 11 is 0. The standard InChI is InChI=1S/C18H16N2O3/c1-2-7-22-16-9-14(10-17-15(16)5-8-23-17)18(21)20-12-13-4-3-6-19-11-13/h2-6,8-11H,1,7,12H2,(H,20,21). The third kappa shape index (κ3) is 3.40. The van der Waals surface area contributed by atoms with E-state index >= 15 is 0 Å². The number of carbonyl (C=O) groups excluding carboxylic acids is 1. The molecule has 0 saturated carbocycles. The first-order valence-corrected chi connectivity index (χ1v) is 7.20. The van der Waals surface area contributed by atoms with E-state index in [-0.39, 0.29) is 5.91 Å². The lowest BCUT2D eigenvalue weighted by atomic mass is 10.1. The van der Waals surface area contributed by atoms with E-state index in [2.05, 4.69) is 16.9 Å². The summed E-state index contributed by atoms with van der Waals surface area (Å²) in [5, 5.41) is 3.69. The molecule has 0 spiro atoms. The van der Waals surface area contributed by atoms with E-state index in [0.29, 0.717) is 30.0 Å². The van der Waals surface area contributed by atoms with Gasteiger partial charge in [-0.3, -0.25) is 9.78 Å². The van der Waals surface area contributed by atoms with Gasteiger partial charge in [-0.2, -0.15) is 0 Å². The summed E-state index contributed by atoms with van der Waals surface area (Å²) in [7, 11) is 0. The number of nitrogens with zero attached hydrogens (tertiary/aromatic N) is 1. The monoisotopic (exact) mass is 308 g/mol. The van der Waals surface area contributed by atoms with Crippen molar-refractivity contribution < 1.29 is 13.9 Å². The van der Waals surface area contributed by atoms with E-state index in [0.717, 1.165) is 10.9 Å². The largest absolute Gasteiger partial charge is 0.489 e. The number of fused-ring (bicyclic) bond motifs is 1. The fourth-order valence-corrected chi connectivity index (χ4v) is 2.22. The summed E-state index contributed by atoms with van der Waals surface area (Å²) in [5.74, 6) is 0.401.